The number of nitrogens with zero attached hydrogens (tertiary/aromatic N) is 2. The second kappa shape index (κ2) is 8.26. The molecule has 7 heteroatoms. The number of aromatic nitrogens is 2. The molecule has 1 aliphatic heterocycles. The molecule has 2 heterocycles. The lowest BCUT2D eigenvalue weighted by Crippen LogP contribution is -2.45. The van der Waals surface area contributed by atoms with Gasteiger partial charge in [0.25, 0.3) is 11.8 Å². The van der Waals surface area contributed by atoms with Crippen molar-refractivity contribution >= 4 is 18.3 Å². The number of carbonyl (C=O) groups excluding carboxylic acids is 1. The zero-order valence-electron chi connectivity index (χ0n) is 13.9. The third-order valence-electron chi connectivity index (χ3n) is 3.99. The van der Waals surface area contributed by atoms with Gasteiger partial charge in [0.2, 0.25) is 0 Å². The fourth-order valence-electron chi connectivity index (χ4n) is 2.68. The minimum atomic E-state index is -0.0985. The summed E-state index contributed by atoms with van der Waals surface area (Å²) in [6, 6.07) is 7.51. The van der Waals surface area contributed by atoms with Gasteiger partial charge in [-0.3, -0.25) is 4.79 Å². The van der Waals surface area contributed by atoms with Gasteiger partial charge in [0.1, 0.15) is 0 Å². The summed E-state index contributed by atoms with van der Waals surface area (Å²) in [5.74, 6) is 1.12. The predicted molar refractivity (Wildman–Crippen MR) is 94.4 cm³/mol. The Balaban J connectivity index is 0.00000208. The number of halogens is 1. The van der Waals surface area contributed by atoms with Crippen LogP contribution < -0.4 is 10.6 Å². The van der Waals surface area contributed by atoms with Crippen LogP contribution in [0.15, 0.2) is 28.8 Å². The maximum Gasteiger partial charge on any atom is 0.258 e. The van der Waals surface area contributed by atoms with E-state index in [1.165, 1.54) is 0 Å². The summed E-state index contributed by atoms with van der Waals surface area (Å²) in [5, 5.41) is 10.4. The van der Waals surface area contributed by atoms with Gasteiger partial charge < -0.3 is 15.2 Å². The van der Waals surface area contributed by atoms with Crippen LogP contribution in [0.5, 0.6) is 0 Å². The van der Waals surface area contributed by atoms with Gasteiger partial charge in [0, 0.05) is 18.5 Å². The van der Waals surface area contributed by atoms with Crippen molar-refractivity contribution in [3.63, 3.8) is 0 Å². The Morgan fingerprint density at radius 3 is 2.83 bits per heavy atom. The van der Waals surface area contributed by atoms with Crippen LogP contribution in [0.4, 0.5) is 0 Å². The van der Waals surface area contributed by atoms with Gasteiger partial charge in [-0.15, -0.1) is 12.4 Å². The summed E-state index contributed by atoms with van der Waals surface area (Å²) in [5.41, 5.74) is 1.24. The Kier molecular flexibility index (Phi) is 6.34. The van der Waals surface area contributed by atoms with E-state index < -0.39 is 0 Å². The third kappa shape index (κ3) is 4.13. The SMILES string of the molecule is CC(C)c1noc(-c2ccccc2C(=O)N[C@H]2CCCNC2)n1.Cl. The zero-order valence-corrected chi connectivity index (χ0v) is 14.7. The fourth-order valence-corrected chi connectivity index (χ4v) is 2.68. The average molecular weight is 351 g/mol. The first-order chi connectivity index (χ1) is 11.1. The lowest BCUT2D eigenvalue weighted by molar-refractivity contribution is 0.0931. The highest BCUT2D eigenvalue weighted by Crippen LogP contribution is 2.24. The van der Waals surface area contributed by atoms with Gasteiger partial charge in [-0.05, 0) is 31.5 Å². The average Bonchev–Trinajstić information content (AvgIpc) is 3.06. The monoisotopic (exact) mass is 350 g/mol. The second-order valence-corrected chi connectivity index (χ2v) is 6.17. The van der Waals surface area contributed by atoms with Gasteiger partial charge >= 0.3 is 0 Å². The molecule has 2 N–H and O–H groups in total. The highest BCUT2D eigenvalue weighted by atomic mass is 35.5. The number of rotatable bonds is 4. The molecule has 1 aromatic carbocycles. The number of piperidine rings is 1. The summed E-state index contributed by atoms with van der Waals surface area (Å²) in [6.45, 7) is 5.83. The lowest BCUT2D eigenvalue weighted by Gasteiger charge is -2.24. The van der Waals surface area contributed by atoms with Gasteiger partial charge in [-0.2, -0.15) is 4.98 Å². The number of nitrogens with one attached hydrogen (secondary N) is 2. The first-order valence-corrected chi connectivity index (χ1v) is 8.09. The number of carbonyl (C=O) groups is 1. The van der Waals surface area contributed by atoms with E-state index in [2.05, 4.69) is 20.8 Å². The standard InChI is InChI=1S/C17H22N4O2.ClH/c1-11(2)15-20-17(23-21-15)14-8-4-3-7-13(14)16(22)19-12-6-5-9-18-10-12;/h3-4,7-8,11-12,18H,5-6,9-10H2,1-2H3,(H,19,22);1H/t12-;/m0./s1. The molecule has 1 amide bonds. The topological polar surface area (TPSA) is 80.0 Å². The molecule has 6 nitrogen and oxygen atoms in total. The van der Waals surface area contributed by atoms with E-state index in [1.807, 2.05) is 32.0 Å². The number of benzene rings is 1. The van der Waals surface area contributed by atoms with Crippen LogP contribution in [0, 0.1) is 0 Å². The molecule has 0 spiro atoms. The number of hydrogen-bond donors (Lipinski definition) is 2. The Labute approximate surface area is 147 Å². The quantitative estimate of drug-likeness (QED) is 0.886. The first-order valence-electron chi connectivity index (χ1n) is 8.09. The number of hydrogen-bond acceptors (Lipinski definition) is 5. The minimum Gasteiger partial charge on any atom is -0.348 e. The molecular weight excluding hydrogens is 328 g/mol. The molecule has 24 heavy (non-hydrogen) atoms. The normalized spacial score (nSPS) is 17.4. The van der Waals surface area contributed by atoms with Gasteiger partial charge in [-0.1, -0.05) is 31.1 Å². The van der Waals surface area contributed by atoms with Crippen LogP contribution in [-0.4, -0.2) is 35.2 Å². The fraction of sp³-hybridized carbons (Fsp3) is 0.471. The third-order valence-corrected chi connectivity index (χ3v) is 3.99. The van der Waals surface area contributed by atoms with E-state index in [0.29, 0.717) is 22.8 Å². The molecule has 2 aromatic rings. The van der Waals surface area contributed by atoms with E-state index in [-0.39, 0.29) is 30.3 Å². The second-order valence-electron chi connectivity index (χ2n) is 6.17. The van der Waals surface area contributed by atoms with Crippen molar-refractivity contribution in [3.8, 4) is 11.5 Å². The highest BCUT2D eigenvalue weighted by molar-refractivity contribution is 6.00. The van der Waals surface area contributed by atoms with Crippen LogP contribution in [-0.2, 0) is 0 Å². The molecule has 1 saturated heterocycles. The molecule has 0 saturated carbocycles. The van der Waals surface area contributed by atoms with Crippen molar-refractivity contribution < 1.29 is 9.32 Å². The Bertz CT molecular complexity index is 681. The van der Waals surface area contributed by atoms with Crippen LogP contribution in [0.1, 0.15) is 48.8 Å². The van der Waals surface area contributed by atoms with Crippen molar-refractivity contribution in [2.75, 3.05) is 13.1 Å². The first kappa shape index (κ1) is 18.4. The smallest absolute Gasteiger partial charge is 0.258 e. The molecule has 1 fully saturated rings. The van der Waals surface area contributed by atoms with Crippen LogP contribution in [0.25, 0.3) is 11.5 Å². The van der Waals surface area contributed by atoms with Crippen LogP contribution in [0.2, 0.25) is 0 Å². The molecule has 3 rings (SSSR count). The molecule has 1 aromatic heterocycles. The van der Waals surface area contributed by atoms with E-state index in [4.69, 9.17) is 4.52 Å². The van der Waals surface area contributed by atoms with E-state index in [9.17, 15) is 4.79 Å². The van der Waals surface area contributed by atoms with Gasteiger partial charge in [0.15, 0.2) is 5.82 Å². The van der Waals surface area contributed by atoms with Gasteiger partial charge in [-0.25, -0.2) is 0 Å². The molecule has 0 unspecified atom stereocenters. The Morgan fingerprint density at radius 1 is 1.38 bits per heavy atom. The number of amides is 1. The largest absolute Gasteiger partial charge is 0.348 e. The molecule has 130 valence electrons. The summed E-state index contributed by atoms with van der Waals surface area (Å²) in [4.78, 5) is 17.0. The van der Waals surface area contributed by atoms with Crippen molar-refractivity contribution in [1.29, 1.82) is 0 Å². The maximum atomic E-state index is 12.6. The summed E-state index contributed by atoms with van der Waals surface area (Å²) in [7, 11) is 0. The van der Waals surface area contributed by atoms with Crippen LogP contribution >= 0.6 is 12.4 Å². The summed E-state index contributed by atoms with van der Waals surface area (Å²) >= 11 is 0. The van der Waals surface area contributed by atoms with E-state index in [1.54, 1.807) is 6.07 Å². The lowest BCUT2D eigenvalue weighted by atomic mass is 10.0. The van der Waals surface area contributed by atoms with Gasteiger partial charge in [0.05, 0.1) is 11.1 Å². The predicted octanol–water partition coefficient (Wildman–Crippen LogP) is 2.76. The van der Waals surface area contributed by atoms with Crippen molar-refractivity contribution in [1.82, 2.24) is 20.8 Å². The van der Waals surface area contributed by atoms with Crippen LogP contribution in [0.3, 0.4) is 0 Å². The molecule has 1 aliphatic rings. The van der Waals surface area contributed by atoms with Crippen molar-refractivity contribution in [3.05, 3.63) is 35.7 Å². The molecule has 0 radical (unpaired) electrons. The summed E-state index contributed by atoms with van der Waals surface area (Å²) in [6.07, 6.45) is 2.08. The molecule has 0 bridgehead atoms. The molecular formula is C17H23ClN4O2. The van der Waals surface area contributed by atoms with Crippen molar-refractivity contribution in [2.45, 2.75) is 38.6 Å². The zero-order chi connectivity index (χ0) is 16.2. The molecule has 0 aliphatic carbocycles. The summed E-state index contributed by atoms with van der Waals surface area (Å²) < 4.78 is 5.34. The Hall–Kier alpha value is -1.92. The van der Waals surface area contributed by atoms with E-state index in [0.717, 1.165) is 25.9 Å². The minimum absolute atomic E-state index is 0. The Morgan fingerprint density at radius 2 is 2.17 bits per heavy atom. The maximum absolute atomic E-state index is 12.6. The molecule has 1 atom stereocenters. The highest BCUT2D eigenvalue weighted by Gasteiger charge is 2.21. The van der Waals surface area contributed by atoms with E-state index >= 15 is 0 Å². The van der Waals surface area contributed by atoms with Crippen molar-refractivity contribution in [2.24, 2.45) is 0 Å².